The van der Waals surface area contributed by atoms with Crippen molar-refractivity contribution in [3.63, 3.8) is 0 Å². The second-order valence-corrected chi connectivity index (χ2v) is 3.46. The van der Waals surface area contributed by atoms with Crippen molar-refractivity contribution < 1.29 is 14.3 Å². The quantitative estimate of drug-likeness (QED) is 0.649. The molecule has 0 radical (unpaired) electrons. The van der Waals surface area contributed by atoms with Gasteiger partial charge in [0.15, 0.2) is 0 Å². The maximum atomic E-state index is 11.7. The molecule has 0 bridgehead atoms. The second kappa shape index (κ2) is 5.55. The summed E-state index contributed by atoms with van der Waals surface area (Å²) in [5, 5.41) is 3.16. The van der Waals surface area contributed by atoms with Crippen molar-refractivity contribution in [1.29, 1.82) is 0 Å². The van der Waals surface area contributed by atoms with E-state index in [1.807, 2.05) is 0 Å². The molecule has 0 unspecified atom stereocenters. The number of hydrogen-bond acceptors (Lipinski definition) is 4. The lowest BCUT2D eigenvalue weighted by molar-refractivity contribution is -0.132. The summed E-state index contributed by atoms with van der Waals surface area (Å²) >= 11 is 0. The Kier molecular flexibility index (Phi) is 4.36. The van der Waals surface area contributed by atoms with Gasteiger partial charge in [-0.2, -0.15) is 0 Å². The third-order valence-electron chi connectivity index (χ3n) is 2.33. The topological polar surface area (TPSA) is 61.9 Å². The monoisotopic (exact) mass is 215 g/mol. The Labute approximate surface area is 89.2 Å². The fraction of sp³-hybridized carbons (Fsp3) is 0.778. The molecular weight excluding hydrogens is 198 g/mol. The zero-order chi connectivity index (χ0) is 11.3. The van der Waals surface area contributed by atoms with E-state index in [2.05, 4.69) is 10.1 Å². The van der Waals surface area contributed by atoms with Crippen LogP contribution >= 0.6 is 0 Å². The number of amides is 2. The highest BCUT2D eigenvalue weighted by Crippen LogP contribution is 1.96. The number of carbonyl (C=O) groups is 2. The van der Waals surface area contributed by atoms with Crippen LogP contribution in [0.1, 0.15) is 0 Å². The summed E-state index contributed by atoms with van der Waals surface area (Å²) in [7, 11) is 2.85. The van der Waals surface area contributed by atoms with Crippen LogP contribution in [0.25, 0.3) is 0 Å². The molecule has 15 heavy (non-hydrogen) atoms. The number of methoxy groups -OCH3 is 1. The average molecular weight is 215 g/mol. The van der Waals surface area contributed by atoms with Crippen LogP contribution in [-0.4, -0.2) is 68.7 Å². The number of ether oxygens (including phenoxy) is 1. The molecule has 6 heteroatoms. The van der Waals surface area contributed by atoms with Gasteiger partial charge in [-0.15, -0.1) is 0 Å². The lowest BCUT2D eigenvalue weighted by atomic mass is 10.3. The molecule has 1 heterocycles. The molecular formula is C9H17N3O3. The van der Waals surface area contributed by atoms with Crippen LogP contribution in [0.3, 0.4) is 0 Å². The minimum atomic E-state index is -0.488. The largest absolute Gasteiger partial charge is 0.453 e. The number of hydrogen-bond donors (Lipinski definition) is 1. The number of likely N-dealkylation sites (N-methyl/N-ethyl adjacent to an activating group) is 1. The lowest BCUT2D eigenvalue weighted by Gasteiger charge is -2.28. The summed E-state index contributed by atoms with van der Waals surface area (Å²) in [5.41, 5.74) is 0. The Morgan fingerprint density at radius 3 is 2.53 bits per heavy atom. The summed E-state index contributed by atoms with van der Waals surface area (Å²) in [6, 6.07) is 0. The van der Waals surface area contributed by atoms with Gasteiger partial charge < -0.3 is 19.9 Å². The first-order chi connectivity index (χ1) is 7.15. The van der Waals surface area contributed by atoms with Crippen LogP contribution < -0.4 is 5.32 Å². The smallest absolute Gasteiger partial charge is 0.409 e. The maximum Gasteiger partial charge on any atom is 0.409 e. The maximum absolute atomic E-state index is 11.7. The van der Waals surface area contributed by atoms with E-state index in [-0.39, 0.29) is 12.5 Å². The standard InChI is InChI=1S/C9H17N3O3/c1-11(9(14)15-2)7-8(13)12-5-3-10-4-6-12/h10H,3-7H2,1-2H3. The molecule has 0 aromatic heterocycles. The minimum absolute atomic E-state index is 0.0376. The van der Waals surface area contributed by atoms with Gasteiger partial charge in [0.2, 0.25) is 5.91 Å². The molecule has 2 amide bonds. The fourth-order valence-electron chi connectivity index (χ4n) is 1.44. The summed E-state index contributed by atoms with van der Waals surface area (Å²) in [6.45, 7) is 3.11. The molecule has 0 saturated carbocycles. The number of piperazine rings is 1. The Hall–Kier alpha value is -1.30. The van der Waals surface area contributed by atoms with E-state index in [1.54, 1.807) is 11.9 Å². The van der Waals surface area contributed by atoms with E-state index in [9.17, 15) is 9.59 Å². The van der Waals surface area contributed by atoms with E-state index in [4.69, 9.17) is 0 Å². The van der Waals surface area contributed by atoms with Gasteiger partial charge in [0.25, 0.3) is 0 Å². The molecule has 0 aromatic carbocycles. The Bertz CT molecular complexity index is 239. The highest BCUT2D eigenvalue weighted by Gasteiger charge is 2.19. The van der Waals surface area contributed by atoms with Crippen molar-refractivity contribution in [2.75, 3.05) is 46.9 Å². The van der Waals surface area contributed by atoms with Crippen LogP contribution in [0, 0.1) is 0 Å². The number of nitrogens with zero attached hydrogens (tertiary/aromatic N) is 2. The van der Waals surface area contributed by atoms with E-state index in [0.29, 0.717) is 13.1 Å². The van der Waals surface area contributed by atoms with E-state index >= 15 is 0 Å². The van der Waals surface area contributed by atoms with Gasteiger partial charge in [-0.25, -0.2) is 4.79 Å². The minimum Gasteiger partial charge on any atom is -0.453 e. The predicted molar refractivity (Wildman–Crippen MR) is 54.5 cm³/mol. The van der Waals surface area contributed by atoms with Gasteiger partial charge in [-0.1, -0.05) is 0 Å². The van der Waals surface area contributed by atoms with Crippen molar-refractivity contribution in [3.8, 4) is 0 Å². The van der Waals surface area contributed by atoms with Crippen LogP contribution in [0.15, 0.2) is 0 Å². The van der Waals surface area contributed by atoms with Crippen molar-refractivity contribution in [1.82, 2.24) is 15.1 Å². The van der Waals surface area contributed by atoms with Crippen LogP contribution in [0.5, 0.6) is 0 Å². The average Bonchev–Trinajstić information content (AvgIpc) is 2.29. The van der Waals surface area contributed by atoms with E-state index in [1.165, 1.54) is 12.0 Å². The molecule has 86 valence electrons. The van der Waals surface area contributed by atoms with Gasteiger partial charge in [0, 0.05) is 33.2 Å². The SMILES string of the molecule is COC(=O)N(C)CC(=O)N1CCNCC1. The molecule has 1 fully saturated rings. The zero-order valence-corrected chi connectivity index (χ0v) is 9.15. The highest BCUT2D eigenvalue weighted by atomic mass is 16.5. The number of rotatable bonds is 2. The van der Waals surface area contributed by atoms with Gasteiger partial charge in [0.1, 0.15) is 6.54 Å². The molecule has 0 aromatic rings. The molecule has 0 atom stereocenters. The molecule has 1 N–H and O–H groups in total. The predicted octanol–water partition coefficient (Wildman–Crippen LogP) is -0.884. The summed E-state index contributed by atoms with van der Waals surface area (Å²) in [4.78, 5) is 25.7. The first kappa shape index (κ1) is 11.8. The molecule has 6 nitrogen and oxygen atoms in total. The van der Waals surface area contributed by atoms with Crippen LogP contribution in [0.4, 0.5) is 4.79 Å². The molecule has 1 aliphatic heterocycles. The number of nitrogens with one attached hydrogen (secondary N) is 1. The third kappa shape index (κ3) is 3.39. The summed E-state index contributed by atoms with van der Waals surface area (Å²) in [6.07, 6.45) is -0.488. The summed E-state index contributed by atoms with van der Waals surface area (Å²) in [5.74, 6) is -0.0376. The molecule has 1 rings (SSSR count). The number of carbonyl (C=O) groups excluding carboxylic acids is 2. The van der Waals surface area contributed by atoms with E-state index < -0.39 is 6.09 Å². The second-order valence-electron chi connectivity index (χ2n) is 3.46. The third-order valence-corrected chi connectivity index (χ3v) is 2.33. The zero-order valence-electron chi connectivity index (χ0n) is 9.15. The van der Waals surface area contributed by atoms with Crippen LogP contribution in [0.2, 0.25) is 0 Å². The van der Waals surface area contributed by atoms with Gasteiger partial charge in [0.05, 0.1) is 7.11 Å². The lowest BCUT2D eigenvalue weighted by Crippen LogP contribution is -2.49. The van der Waals surface area contributed by atoms with Crippen LogP contribution in [-0.2, 0) is 9.53 Å². The van der Waals surface area contributed by atoms with Crippen molar-refractivity contribution in [3.05, 3.63) is 0 Å². The molecule has 1 aliphatic rings. The molecule has 1 saturated heterocycles. The normalized spacial score (nSPS) is 16.0. The van der Waals surface area contributed by atoms with Gasteiger partial charge >= 0.3 is 6.09 Å². The molecule has 0 spiro atoms. The fourth-order valence-corrected chi connectivity index (χ4v) is 1.44. The Morgan fingerprint density at radius 1 is 1.40 bits per heavy atom. The van der Waals surface area contributed by atoms with E-state index in [0.717, 1.165) is 13.1 Å². The summed E-state index contributed by atoms with van der Waals surface area (Å²) < 4.78 is 4.50. The first-order valence-corrected chi connectivity index (χ1v) is 4.92. The Balaban J connectivity index is 2.36. The first-order valence-electron chi connectivity index (χ1n) is 4.92. The van der Waals surface area contributed by atoms with Crippen molar-refractivity contribution in [2.24, 2.45) is 0 Å². The van der Waals surface area contributed by atoms with Crippen molar-refractivity contribution in [2.45, 2.75) is 0 Å². The molecule has 0 aliphatic carbocycles. The highest BCUT2D eigenvalue weighted by molar-refractivity contribution is 5.82. The van der Waals surface area contributed by atoms with Gasteiger partial charge in [-0.05, 0) is 0 Å². The van der Waals surface area contributed by atoms with Gasteiger partial charge in [-0.3, -0.25) is 4.79 Å². The Morgan fingerprint density at radius 2 is 2.00 bits per heavy atom. The van der Waals surface area contributed by atoms with Crippen molar-refractivity contribution >= 4 is 12.0 Å².